The molecule has 0 radical (unpaired) electrons. The second-order valence-corrected chi connectivity index (χ2v) is 6.36. The quantitative estimate of drug-likeness (QED) is 0.835. The Bertz CT molecular complexity index is 640. The van der Waals surface area contributed by atoms with Crippen molar-refractivity contribution in [2.24, 2.45) is 11.3 Å². The molecule has 23 heavy (non-hydrogen) atoms. The molecule has 2 aliphatic heterocycles. The second-order valence-electron chi connectivity index (χ2n) is 6.36. The third kappa shape index (κ3) is 2.92. The van der Waals surface area contributed by atoms with E-state index in [2.05, 4.69) is 19.9 Å². The predicted octanol–water partition coefficient (Wildman–Crippen LogP) is 1.54. The fourth-order valence-electron chi connectivity index (χ4n) is 3.50. The fraction of sp³-hybridized carbons (Fsp3) is 0.471. The van der Waals surface area contributed by atoms with Gasteiger partial charge in [-0.1, -0.05) is 6.07 Å². The summed E-state index contributed by atoms with van der Waals surface area (Å²) in [6.45, 7) is 4.63. The van der Waals surface area contributed by atoms with E-state index in [1.807, 2.05) is 24.4 Å². The topological polar surface area (TPSA) is 60.4 Å². The minimum atomic E-state index is 0.0431. The summed E-state index contributed by atoms with van der Waals surface area (Å²) >= 11 is 0. The van der Waals surface area contributed by atoms with E-state index < -0.39 is 0 Å². The monoisotopic (exact) mass is 312 g/mol. The summed E-state index contributed by atoms with van der Waals surface area (Å²) < 4.78 is 11.7. The molecule has 0 amide bonds. The van der Waals surface area contributed by atoms with Crippen molar-refractivity contribution >= 4 is 5.95 Å². The van der Waals surface area contributed by atoms with Gasteiger partial charge in [0.2, 0.25) is 5.95 Å². The Balaban J connectivity index is 1.41. The number of hydrogen-bond donors (Lipinski definition) is 0. The zero-order chi connectivity index (χ0) is 15.5. The lowest BCUT2D eigenvalue weighted by molar-refractivity contribution is 0.0262. The van der Waals surface area contributed by atoms with Crippen LogP contribution in [0.5, 0.6) is 0 Å². The third-order valence-corrected chi connectivity index (χ3v) is 4.74. The van der Waals surface area contributed by atoms with Gasteiger partial charge in [0.15, 0.2) is 0 Å². The van der Waals surface area contributed by atoms with Crippen molar-refractivity contribution in [1.82, 2.24) is 15.0 Å². The lowest BCUT2D eigenvalue weighted by Crippen LogP contribution is -2.36. The Morgan fingerprint density at radius 3 is 3.00 bits per heavy atom. The molecule has 2 aliphatic rings. The van der Waals surface area contributed by atoms with Crippen molar-refractivity contribution in [1.29, 1.82) is 0 Å². The van der Waals surface area contributed by atoms with Crippen molar-refractivity contribution in [2.75, 3.05) is 37.8 Å². The summed E-state index contributed by atoms with van der Waals surface area (Å²) in [6, 6.07) is 5.81. The standard InChI is InChI=1S/C17H20N4O2/c1-3-14(7-18-4-1)9-22-12-17-11-21(8-15(17)10-23-13-17)16-19-5-2-6-20-16/h1-7,15H,8-13H2/t15-,17-/m0/s1. The van der Waals surface area contributed by atoms with E-state index >= 15 is 0 Å². The fourth-order valence-corrected chi connectivity index (χ4v) is 3.50. The van der Waals surface area contributed by atoms with Crippen molar-refractivity contribution in [2.45, 2.75) is 6.61 Å². The minimum Gasteiger partial charge on any atom is -0.380 e. The van der Waals surface area contributed by atoms with Crippen LogP contribution in [0.4, 0.5) is 5.95 Å². The maximum atomic E-state index is 6.01. The first-order valence-corrected chi connectivity index (χ1v) is 7.92. The summed E-state index contributed by atoms with van der Waals surface area (Å²) in [5.41, 5.74) is 1.14. The van der Waals surface area contributed by atoms with Crippen molar-refractivity contribution < 1.29 is 9.47 Å². The molecule has 0 aromatic carbocycles. The number of fused-ring (bicyclic) bond motifs is 1. The van der Waals surface area contributed by atoms with Gasteiger partial charge in [0.25, 0.3) is 0 Å². The van der Waals surface area contributed by atoms with Gasteiger partial charge in [0.05, 0.1) is 26.4 Å². The summed E-state index contributed by atoms with van der Waals surface area (Å²) in [7, 11) is 0. The highest BCUT2D eigenvalue weighted by Crippen LogP contribution is 2.42. The molecule has 120 valence electrons. The minimum absolute atomic E-state index is 0.0431. The van der Waals surface area contributed by atoms with E-state index in [4.69, 9.17) is 9.47 Å². The van der Waals surface area contributed by atoms with Crippen LogP contribution in [0.25, 0.3) is 0 Å². The molecule has 6 heteroatoms. The van der Waals surface area contributed by atoms with Crippen LogP contribution in [-0.4, -0.2) is 47.9 Å². The van der Waals surface area contributed by atoms with Gasteiger partial charge in [-0.25, -0.2) is 9.97 Å². The van der Waals surface area contributed by atoms with Crippen LogP contribution < -0.4 is 4.90 Å². The zero-order valence-corrected chi connectivity index (χ0v) is 13.0. The largest absolute Gasteiger partial charge is 0.380 e. The van der Waals surface area contributed by atoms with Crippen LogP contribution in [0.1, 0.15) is 5.56 Å². The molecule has 2 aromatic rings. The molecule has 2 atom stereocenters. The number of pyridine rings is 1. The van der Waals surface area contributed by atoms with Gasteiger partial charge in [-0.15, -0.1) is 0 Å². The molecule has 0 unspecified atom stereocenters. The molecule has 0 aliphatic carbocycles. The van der Waals surface area contributed by atoms with Gasteiger partial charge in [-0.3, -0.25) is 4.98 Å². The highest BCUT2D eigenvalue weighted by atomic mass is 16.5. The van der Waals surface area contributed by atoms with Crippen LogP contribution in [0.15, 0.2) is 43.0 Å². The maximum absolute atomic E-state index is 6.01. The average Bonchev–Trinajstić information content (AvgIpc) is 3.14. The first-order chi connectivity index (χ1) is 11.4. The predicted molar refractivity (Wildman–Crippen MR) is 84.9 cm³/mol. The van der Waals surface area contributed by atoms with E-state index in [-0.39, 0.29) is 5.41 Å². The smallest absolute Gasteiger partial charge is 0.225 e. The van der Waals surface area contributed by atoms with E-state index in [0.717, 1.165) is 37.8 Å². The van der Waals surface area contributed by atoms with Crippen molar-refractivity contribution in [3.8, 4) is 0 Å². The number of aromatic nitrogens is 3. The summed E-state index contributed by atoms with van der Waals surface area (Å²) in [5, 5.41) is 0. The van der Waals surface area contributed by atoms with Gasteiger partial charge < -0.3 is 14.4 Å². The normalized spacial score (nSPS) is 26.4. The molecular formula is C17H20N4O2. The highest BCUT2D eigenvalue weighted by Gasteiger charge is 2.51. The Hall–Kier alpha value is -2.05. The van der Waals surface area contributed by atoms with E-state index in [9.17, 15) is 0 Å². The number of ether oxygens (including phenoxy) is 2. The molecule has 6 nitrogen and oxygen atoms in total. The molecule has 0 spiro atoms. The summed E-state index contributed by atoms with van der Waals surface area (Å²) in [4.78, 5) is 15.1. The van der Waals surface area contributed by atoms with E-state index in [1.54, 1.807) is 18.6 Å². The number of nitrogens with zero attached hydrogens (tertiary/aromatic N) is 4. The Labute approximate surface area is 135 Å². The van der Waals surface area contributed by atoms with Crippen LogP contribution in [-0.2, 0) is 16.1 Å². The first kappa shape index (κ1) is 14.5. The van der Waals surface area contributed by atoms with Gasteiger partial charge in [0.1, 0.15) is 0 Å². The van der Waals surface area contributed by atoms with Crippen LogP contribution in [0.3, 0.4) is 0 Å². The SMILES string of the molecule is c1cnc(N2C[C@H]3COC[C@@]3(COCc3cccnc3)C2)nc1. The molecule has 0 saturated carbocycles. The molecule has 0 N–H and O–H groups in total. The Morgan fingerprint density at radius 2 is 2.17 bits per heavy atom. The van der Waals surface area contributed by atoms with E-state index in [1.165, 1.54) is 0 Å². The lowest BCUT2D eigenvalue weighted by atomic mass is 9.82. The Morgan fingerprint density at radius 1 is 1.26 bits per heavy atom. The summed E-state index contributed by atoms with van der Waals surface area (Å²) in [5.74, 6) is 1.27. The summed E-state index contributed by atoms with van der Waals surface area (Å²) in [6.07, 6.45) is 7.20. The number of rotatable bonds is 5. The van der Waals surface area contributed by atoms with Crippen LogP contribution >= 0.6 is 0 Å². The molecule has 4 rings (SSSR count). The Kier molecular flexibility index (Phi) is 3.93. The first-order valence-electron chi connectivity index (χ1n) is 7.92. The average molecular weight is 312 g/mol. The molecule has 4 heterocycles. The van der Waals surface area contributed by atoms with E-state index in [0.29, 0.717) is 19.1 Å². The van der Waals surface area contributed by atoms with Crippen molar-refractivity contribution in [3.63, 3.8) is 0 Å². The third-order valence-electron chi connectivity index (χ3n) is 4.74. The maximum Gasteiger partial charge on any atom is 0.225 e. The molecule has 2 saturated heterocycles. The lowest BCUT2D eigenvalue weighted by Gasteiger charge is -2.26. The molecule has 2 aromatic heterocycles. The molecule has 0 bridgehead atoms. The number of hydrogen-bond acceptors (Lipinski definition) is 6. The number of anilines is 1. The molecular weight excluding hydrogens is 292 g/mol. The van der Waals surface area contributed by atoms with Gasteiger partial charge in [0, 0.05) is 49.2 Å². The second kappa shape index (κ2) is 6.22. The van der Waals surface area contributed by atoms with Gasteiger partial charge in [-0.2, -0.15) is 0 Å². The van der Waals surface area contributed by atoms with Crippen molar-refractivity contribution in [3.05, 3.63) is 48.5 Å². The van der Waals surface area contributed by atoms with Gasteiger partial charge >= 0.3 is 0 Å². The highest BCUT2D eigenvalue weighted by molar-refractivity contribution is 5.33. The zero-order valence-electron chi connectivity index (χ0n) is 13.0. The van der Waals surface area contributed by atoms with Crippen LogP contribution in [0, 0.1) is 11.3 Å². The molecule has 2 fully saturated rings. The van der Waals surface area contributed by atoms with Gasteiger partial charge in [-0.05, 0) is 17.7 Å². The van der Waals surface area contributed by atoms with Crippen LogP contribution in [0.2, 0.25) is 0 Å².